The summed E-state index contributed by atoms with van der Waals surface area (Å²) in [5, 5.41) is 5.65. The summed E-state index contributed by atoms with van der Waals surface area (Å²) in [6.07, 6.45) is 0. The number of carbonyl (C=O) groups excluding carboxylic acids is 2. The highest BCUT2D eigenvalue weighted by molar-refractivity contribution is 7.99. The molecule has 2 saturated heterocycles. The fourth-order valence-electron chi connectivity index (χ4n) is 5.81. The second kappa shape index (κ2) is 7.87. The van der Waals surface area contributed by atoms with Crippen LogP contribution in [0.1, 0.15) is 26.7 Å². The fraction of sp³-hybridized carbons (Fsp3) is 0.280. The second-order valence-corrected chi connectivity index (χ2v) is 10.9. The maximum atomic E-state index is 14.2. The third-order valence-electron chi connectivity index (χ3n) is 7.13. The number of hydrogen-bond acceptors (Lipinski definition) is 6. The third kappa shape index (κ3) is 2.96. The smallest absolute Gasteiger partial charge is 0.250 e. The number of carbonyl (C=O) groups is 2. The summed E-state index contributed by atoms with van der Waals surface area (Å²) < 4.78 is 5.52. The Balaban J connectivity index is 1.62. The monoisotopic (exact) mass is 496 g/mol. The zero-order valence-corrected chi connectivity index (χ0v) is 20.2. The normalized spacial score (nSPS) is 28.1. The molecule has 3 aliphatic heterocycles. The number of methoxy groups -OCH3 is 1. The van der Waals surface area contributed by atoms with Gasteiger partial charge in [-0.25, -0.2) is 0 Å². The van der Waals surface area contributed by atoms with E-state index in [1.807, 2.05) is 60.0 Å². The number of Topliss-reactive ketones (excluding diaryl/α,β-unsaturated/α-hetero) is 1. The van der Waals surface area contributed by atoms with E-state index in [9.17, 15) is 9.59 Å². The number of rotatable bonds is 4. The van der Waals surface area contributed by atoms with Crippen molar-refractivity contribution >= 4 is 52.1 Å². The van der Waals surface area contributed by atoms with Crippen LogP contribution in [0.15, 0.2) is 60.0 Å². The van der Waals surface area contributed by atoms with Gasteiger partial charge in [-0.05, 0) is 47.3 Å². The summed E-state index contributed by atoms with van der Waals surface area (Å²) in [5.41, 5.74) is 1.51. The molecule has 4 atom stereocenters. The molecule has 168 valence electrons. The SMILES string of the molecule is COc1ccc2c(c1)[C@@]1(C(=O)N2)[C@H](C(=O)c2cccs2)[C@H](c2ccc(Cl)cc2)[C@@H]2CSCN21. The van der Waals surface area contributed by atoms with Crippen LogP contribution in [0, 0.1) is 5.92 Å². The fourth-order valence-corrected chi connectivity index (χ4v) is 7.97. The van der Waals surface area contributed by atoms with Crippen LogP contribution in [0.3, 0.4) is 0 Å². The molecule has 2 fully saturated rings. The first-order valence-corrected chi connectivity index (χ1v) is 13.1. The van der Waals surface area contributed by atoms with Crippen molar-refractivity contribution in [2.75, 3.05) is 24.1 Å². The molecule has 1 aromatic heterocycles. The molecule has 6 rings (SSSR count). The molecule has 0 aliphatic carbocycles. The molecule has 8 heteroatoms. The summed E-state index contributed by atoms with van der Waals surface area (Å²) in [4.78, 5) is 31.1. The van der Waals surface area contributed by atoms with Gasteiger partial charge in [-0.3, -0.25) is 14.5 Å². The van der Waals surface area contributed by atoms with E-state index in [1.165, 1.54) is 11.3 Å². The highest BCUT2D eigenvalue weighted by Crippen LogP contribution is 2.61. The number of ether oxygens (including phenoxy) is 1. The Labute approximate surface area is 205 Å². The van der Waals surface area contributed by atoms with Gasteiger partial charge in [0.25, 0.3) is 0 Å². The lowest BCUT2D eigenvalue weighted by Crippen LogP contribution is -2.52. The molecular weight excluding hydrogens is 476 g/mol. The van der Waals surface area contributed by atoms with E-state index in [2.05, 4.69) is 10.2 Å². The number of benzene rings is 2. The van der Waals surface area contributed by atoms with Crippen LogP contribution in [0.25, 0.3) is 0 Å². The minimum absolute atomic E-state index is 0.00942. The van der Waals surface area contributed by atoms with Crippen LogP contribution in [-0.4, -0.2) is 41.4 Å². The lowest BCUT2D eigenvalue weighted by atomic mass is 9.70. The number of thiophene rings is 1. The molecular formula is C25H21ClN2O3S2. The maximum Gasteiger partial charge on any atom is 0.250 e. The Hall–Kier alpha value is -2.32. The highest BCUT2D eigenvalue weighted by atomic mass is 35.5. The summed E-state index contributed by atoms with van der Waals surface area (Å²) in [6, 6.07) is 17.2. The summed E-state index contributed by atoms with van der Waals surface area (Å²) in [5.74, 6) is 1.37. The lowest BCUT2D eigenvalue weighted by Gasteiger charge is -2.36. The average Bonchev–Trinajstić information content (AvgIpc) is 3.60. The van der Waals surface area contributed by atoms with Gasteiger partial charge in [-0.1, -0.05) is 29.8 Å². The molecule has 2 aromatic carbocycles. The van der Waals surface area contributed by atoms with Gasteiger partial charge in [0.15, 0.2) is 5.78 Å². The first-order valence-electron chi connectivity index (χ1n) is 10.7. The van der Waals surface area contributed by atoms with E-state index < -0.39 is 11.5 Å². The number of amides is 1. The van der Waals surface area contributed by atoms with E-state index in [-0.39, 0.29) is 23.7 Å². The number of anilines is 1. The van der Waals surface area contributed by atoms with Crippen LogP contribution in [0.2, 0.25) is 5.02 Å². The first-order chi connectivity index (χ1) is 16.1. The van der Waals surface area contributed by atoms with Crippen LogP contribution >= 0.6 is 34.7 Å². The third-order valence-corrected chi connectivity index (χ3v) is 9.30. The van der Waals surface area contributed by atoms with Crippen LogP contribution in [-0.2, 0) is 10.3 Å². The Morgan fingerprint density at radius 1 is 1.21 bits per heavy atom. The minimum Gasteiger partial charge on any atom is -0.497 e. The van der Waals surface area contributed by atoms with Gasteiger partial charge in [0, 0.05) is 39.9 Å². The van der Waals surface area contributed by atoms with Crippen molar-refractivity contribution in [3.8, 4) is 5.75 Å². The van der Waals surface area contributed by atoms with Gasteiger partial charge in [0.1, 0.15) is 11.3 Å². The van der Waals surface area contributed by atoms with Crippen molar-refractivity contribution < 1.29 is 14.3 Å². The highest BCUT2D eigenvalue weighted by Gasteiger charge is 2.69. The van der Waals surface area contributed by atoms with Crippen molar-refractivity contribution in [3.05, 3.63) is 81.0 Å². The van der Waals surface area contributed by atoms with Gasteiger partial charge >= 0.3 is 0 Å². The predicted molar refractivity (Wildman–Crippen MR) is 133 cm³/mol. The molecule has 33 heavy (non-hydrogen) atoms. The zero-order chi connectivity index (χ0) is 22.7. The van der Waals surface area contributed by atoms with E-state index in [0.29, 0.717) is 21.5 Å². The van der Waals surface area contributed by atoms with Crippen LogP contribution in [0.4, 0.5) is 5.69 Å². The Kier molecular flexibility index (Phi) is 5.07. The van der Waals surface area contributed by atoms with E-state index in [4.69, 9.17) is 16.3 Å². The quantitative estimate of drug-likeness (QED) is 0.501. The number of thioether (sulfide) groups is 1. The van der Waals surface area contributed by atoms with E-state index in [1.54, 1.807) is 18.9 Å². The molecule has 0 bridgehead atoms. The number of fused-ring (bicyclic) bond motifs is 4. The number of hydrogen-bond donors (Lipinski definition) is 1. The molecule has 1 N–H and O–H groups in total. The average molecular weight is 497 g/mol. The van der Waals surface area contributed by atoms with Gasteiger partial charge in [-0.15, -0.1) is 23.1 Å². The molecule has 5 nitrogen and oxygen atoms in total. The van der Waals surface area contributed by atoms with Crippen molar-refractivity contribution in [3.63, 3.8) is 0 Å². The topological polar surface area (TPSA) is 58.6 Å². The zero-order valence-electron chi connectivity index (χ0n) is 17.8. The van der Waals surface area contributed by atoms with E-state index >= 15 is 0 Å². The number of nitrogens with one attached hydrogen (secondary N) is 1. The summed E-state index contributed by atoms with van der Waals surface area (Å²) in [6.45, 7) is 0. The number of ketones is 1. The van der Waals surface area contributed by atoms with Crippen LogP contribution in [0.5, 0.6) is 5.75 Å². The van der Waals surface area contributed by atoms with Crippen molar-refractivity contribution in [1.29, 1.82) is 0 Å². The van der Waals surface area contributed by atoms with Crippen molar-refractivity contribution in [2.45, 2.75) is 17.5 Å². The second-order valence-electron chi connectivity index (χ2n) is 8.57. The molecule has 4 heterocycles. The lowest BCUT2D eigenvalue weighted by molar-refractivity contribution is -0.127. The number of halogens is 1. The Bertz CT molecular complexity index is 1250. The molecule has 0 radical (unpaired) electrons. The van der Waals surface area contributed by atoms with Gasteiger partial charge in [0.05, 0.1) is 17.9 Å². The molecule has 0 unspecified atom stereocenters. The maximum absolute atomic E-state index is 14.2. The van der Waals surface area contributed by atoms with Crippen molar-refractivity contribution in [2.24, 2.45) is 5.92 Å². The Morgan fingerprint density at radius 2 is 2.03 bits per heavy atom. The first kappa shape index (κ1) is 21.2. The van der Waals surface area contributed by atoms with Gasteiger partial charge < -0.3 is 10.1 Å². The standard InChI is InChI=1S/C25H21ClN2O3S2/c1-31-16-8-9-18-17(11-16)25(24(30)27-18)22(23(29)20-3-2-10-33-20)21(19-12-32-13-28(19)25)14-4-6-15(26)7-5-14/h2-11,19,21-22H,12-13H2,1H3,(H,27,30)/t19-,21+,22-,25-/m0/s1. The number of nitrogens with zero attached hydrogens (tertiary/aromatic N) is 1. The molecule has 3 aliphatic rings. The predicted octanol–water partition coefficient (Wildman–Crippen LogP) is 5.23. The summed E-state index contributed by atoms with van der Waals surface area (Å²) >= 11 is 9.43. The van der Waals surface area contributed by atoms with Crippen LogP contribution < -0.4 is 10.1 Å². The largest absolute Gasteiger partial charge is 0.497 e. The molecule has 3 aromatic rings. The van der Waals surface area contributed by atoms with Gasteiger partial charge in [0.2, 0.25) is 5.91 Å². The van der Waals surface area contributed by atoms with Gasteiger partial charge in [-0.2, -0.15) is 0 Å². The van der Waals surface area contributed by atoms with Crippen molar-refractivity contribution in [1.82, 2.24) is 4.90 Å². The molecule has 1 spiro atoms. The van der Waals surface area contributed by atoms with E-state index in [0.717, 1.165) is 22.6 Å². The molecule has 1 amide bonds. The Morgan fingerprint density at radius 3 is 2.76 bits per heavy atom. The molecule has 0 saturated carbocycles. The minimum atomic E-state index is -1.09. The summed E-state index contributed by atoms with van der Waals surface area (Å²) in [7, 11) is 1.62.